The topological polar surface area (TPSA) is 63.1 Å². The molecular formula is C5H2N2O2W2-2. The zero-order chi connectivity index (χ0) is 6.69. The molecule has 0 aromatic carbocycles. The Labute approximate surface area is 92.0 Å². The smallest absolute Gasteiger partial charge is 0.133 e. The van der Waals surface area contributed by atoms with Crippen LogP contribution in [0.4, 0.5) is 0 Å². The van der Waals surface area contributed by atoms with Crippen molar-refractivity contribution in [2.24, 2.45) is 0 Å². The summed E-state index contributed by atoms with van der Waals surface area (Å²) in [5.74, 6) is -1.13. The number of hydrogen-bond donors (Lipinski definition) is 1. The average molecular weight is 490 g/mol. The van der Waals surface area contributed by atoms with Crippen LogP contribution >= 0.6 is 0 Å². The van der Waals surface area contributed by atoms with Crippen molar-refractivity contribution in [3.05, 3.63) is 24.3 Å². The minimum atomic E-state index is -1.13. The van der Waals surface area contributed by atoms with E-state index in [0.717, 1.165) is 0 Å². The quantitative estimate of drug-likeness (QED) is 0.554. The van der Waals surface area contributed by atoms with Gasteiger partial charge in [0.25, 0.3) is 0 Å². The maximum Gasteiger partial charge on any atom is 0.133 e. The molecule has 0 unspecified atom stereocenters. The van der Waals surface area contributed by atoms with Crippen molar-refractivity contribution >= 4 is 5.97 Å². The average Bonchev–Trinajstić information content (AvgIpc) is 1.90. The summed E-state index contributed by atoms with van der Waals surface area (Å²) in [5.41, 5.74) is -0.186. The van der Waals surface area contributed by atoms with Gasteiger partial charge in [0, 0.05) is 42.1 Å². The molecule has 1 N–H and O–H groups in total. The maximum absolute atomic E-state index is 10.1. The third-order valence-electron chi connectivity index (χ3n) is 0.680. The molecule has 0 amide bonds. The zero-order valence-corrected chi connectivity index (χ0v) is 11.0. The number of rotatable bonds is 1. The normalized spacial score (nSPS) is 7.27. The van der Waals surface area contributed by atoms with Crippen molar-refractivity contribution in [2.75, 3.05) is 0 Å². The van der Waals surface area contributed by atoms with Gasteiger partial charge in [-0.15, -0.1) is 0 Å². The van der Waals surface area contributed by atoms with Gasteiger partial charge in [-0.1, -0.05) is 11.9 Å². The molecule has 11 heavy (non-hydrogen) atoms. The molecule has 4 nitrogen and oxygen atoms in total. The minimum Gasteiger partial charge on any atom is -0.588 e. The molecule has 1 aromatic heterocycles. The van der Waals surface area contributed by atoms with E-state index in [9.17, 15) is 4.79 Å². The molecule has 0 spiro atoms. The Morgan fingerprint density at radius 3 is 2.45 bits per heavy atom. The van der Waals surface area contributed by atoms with Crippen LogP contribution in [-0.2, 0) is 42.1 Å². The summed E-state index contributed by atoms with van der Waals surface area (Å²) in [6.45, 7) is 0. The Morgan fingerprint density at radius 2 is 2.18 bits per heavy atom. The molecule has 0 aliphatic carbocycles. The molecule has 0 atom stereocenters. The van der Waals surface area contributed by atoms with Crippen molar-refractivity contribution in [1.82, 2.24) is 9.97 Å². The molecule has 6 heteroatoms. The van der Waals surface area contributed by atoms with Gasteiger partial charge in [0.15, 0.2) is 0 Å². The summed E-state index contributed by atoms with van der Waals surface area (Å²) < 4.78 is 0. The first kappa shape index (κ1) is 13.5. The van der Waals surface area contributed by atoms with Crippen LogP contribution in [0, 0.1) is 12.4 Å². The summed E-state index contributed by atoms with van der Waals surface area (Å²) in [6, 6.07) is 0. The van der Waals surface area contributed by atoms with Gasteiger partial charge >= 0.3 is 0 Å². The molecule has 58 valence electrons. The van der Waals surface area contributed by atoms with E-state index in [2.05, 4.69) is 22.4 Å². The fourth-order valence-corrected chi connectivity index (χ4v) is 0.339. The molecule has 0 radical (unpaired) electrons. The molecule has 0 saturated heterocycles. The summed E-state index contributed by atoms with van der Waals surface area (Å²) in [5, 5.41) is 8.24. The van der Waals surface area contributed by atoms with Crippen LogP contribution in [0.25, 0.3) is 0 Å². The first-order valence-electron chi connectivity index (χ1n) is 2.15. The third-order valence-corrected chi connectivity index (χ3v) is 0.680. The summed E-state index contributed by atoms with van der Waals surface area (Å²) >= 11 is 0. The number of aromatic nitrogens is 2. The monoisotopic (exact) mass is 490 g/mol. The Bertz CT molecular complexity index is 217. The second-order valence-electron chi connectivity index (χ2n) is 1.26. The van der Waals surface area contributed by atoms with Crippen LogP contribution in [-0.4, -0.2) is 21.0 Å². The summed E-state index contributed by atoms with van der Waals surface area (Å²) in [4.78, 5) is 16.8. The molecule has 1 rings (SSSR count). The van der Waals surface area contributed by atoms with Crippen molar-refractivity contribution in [2.45, 2.75) is 0 Å². The van der Waals surface area contributed by atoms with Crippen LogP contribution in [0.2, 0.25) is 0 Å². The Kier molecular flexibility index (Phi) is 8.14. The van der Waals surface area contributed by atoms with Crippen molar-refractivity contribution in [3.8, 4) is 0 Å². The standard InChI is InChI=1S/C5H2N2O2.2W/c8-5(9)4-3-6-1-2-7-4;;/h2H,(H,8,9);;/q-2;;. The van der Waals surface area contributed by atoms with E-state index in [1.165, 1.54) is 6.20 Å². The van der Waals surface area contributed by atoms with Gasteiger partial charge in [0.05, 0.1) is 0 Å². The van der Waals surface area contributed by atoms with Crippen LogP contribution in [0.1, 0.15) is 10.5 Å². The van der Waals surface area contributed by atoms with E-state index in [1.807, 2.05) is 0 Å². The molecule has 0 bridgehead atoms. The fourth-order valence-electron chi connectivity index (χ4n) is 0.339. The fraction of sp³-hybridized carbons (Fsp3) is 0. The van der Waals surface area contributed by atoms with E-state index in [4.69, 9.17) is 5.11 Å². The maximum atomic E-state index is 10.1. The number of carboxylic acid groups (broad SMARTS) is 1. The molecule has 0 saturated carbocycles. The molecule has 1 heterocycles. The molecule has 0 aliphatic rings. The SMILES string of the molecule is O=C(O)c1[c-]n[c-]cn1.[W].[W]. The van der Waals surface area contributed by atoms with E-state index in [0.29, 0.717) is 0 Å². The van der Waals surface area contributed by atoms with Gasteiger partial charge in [0.2, 0.25) is 0 Å². The van der Waals surface area contributed by atoms with Gasteiger partial charge in [-0.2, -0.15) is 0 Å². The number of hydrogen-bond acceptors (Lipinski definition) is 3. The van der Waals surface area contributed by atoms with E-state index >= 15 is 0 Å². The first-order valence-corrected chi connectivity index (χ1v) is 2.15. The number of aromatic carboxylic acids is 1. The Balaban J connectivity index is 0. The van der Waals surface area contributed by atoms with Gasteiger partial charge in [0.1, 0.15) is 5.97 Å². The second-order valence-corrected chi connectivity index (χ2v) is 1.26. The summed E-state index contributed by atoms with van der Waals surface area (Å²) in [6.07, 6.45) is 5.64. The Morgan fingerprint density at radius 1 is 1.55 bits per heavy atom. The van der Waals surface area contributed by atoms with Crippen LogP contribution in [0.5, 0.6) is 0 Å². The van der Waals surface area contributed by atoms with E-state index < -0.39 is 5.97 Å². The number of nitrogens with zero attached hydrogens (tertiary/aromatic N) is 2. The van der Waals surface area contributed by atoms with Crippen molar-refractivity contribution in [3.63, 3.8) is 0 Å². The van der Waals surface area contributed by atoms with E-state index in [-0.39, 0.29) is 47.8 Å². The molecule has 0 fully saturated rings. The number of carbonyl (C=O) groups is 1. The Hall–Kier alpha value is -0.0734. The van der Waals surface area contributed by atoms with Crippen molar-refractivity contribution in [1.29, 1.82) is 0 Å². The minimum absolute atomic E-state index is 0. The molecular weight excluding hydrogens is 488 g/mol. The van der Waals surface area contributed by atoms with Crippen molar-refractivity contribution < 1.29 is 52.0 Å². The first-order chi connectivity index (χ1) is 4.30. The molecule has 1 aromatic rings. The summed E-state index contributed by atoms with van der Waals surface area (Å²) in [7, 11) is 0. The van der Waals surface area contributed by atoms with Crippen LogP contribution in [0.3, 0.4) is 0 Å². The van der Waals surface area contributed by atoms with Gasteiger partial charge in [-0.05, 0) is 0 Å². The van der Waals surface area contributed by atoms with Gasteiger partial charge in [-0.3, -0.25) is 0 Å². The molecule has 0 aliphatic heterocycles. The largest absolute Gasteiger partial charge is 0.588 e. The second kappa shape index (κ2) is 6.63. The predicted octanol–water partition coefficient (Wildman–Crippen LogP) is -0.230. The number of carboxylic acids is 1. The van der Waals surface area contributed by atoms with Gasteiger partial charge < -0.3 is 19.9 Å². The third kappa shape index (κ3) is 4.38. The van der Waals surface area contributed by atoms with Crippen LogP contribution in [0.15, 0.2) is 6.20 Å². The zero-order valence-electron chi connectivity index (χ0n) is 5.14. The predicted molar refractivity (Wildman–Crippen MR) is 26.7 cm³/mol. The van der Waals surface area contributed by atoms with Crippen LogP contribution < -0.4 is 0 Å². The van der Waals surface area contributed by atoms with Gasteiger partial charge in [-0.25, -0.2) is 12.4 Å². The van der Waals surface area contributed by atoms with E-state index in [1.54, 1.807) is 0 Å².